The first-order valence-electron chi connectivity index (χ1n) is 8.38. The third kappa shape index (κ3) is 4.09. The summed E-state index contributed by atoms with van der Waals surface area (Å²) in [5.74, 6) is 0.410. The maximum atomic E-state index is 12.2. The number of aromatic amines is 1. The number of para-hydroxylation sites is 1. The molecule has 0 saturated heterocycles. The quantitative estimate of drug-likeness (QED) is 0.723. The van der Waals surface area contributed by atoms with E-state index in [1.807, 2.05) is 12.1 Å². The molecule has 25 heavy (non-hydrogen) atoms. The van der Waals surface area contributed by atoms with Gasteiger partial charge < -0.3 is 10.3 Å². The molecule has 0 radical (unpaired) electrons. The lowest BCUT2D eigenvalue weighted by Crippen LogP contribution is -2.27. The van der Waals surface area contributed by atoms with Gasteiger partial charge in [0, 0.05) is 30.4 Å². The molecule has 128 valence electrons. The van der Waals surface area contributed by atoms with Crippen LogP contribution >= 0.6 is 0 Å². The van der Waals surface area contributed by atoms with Crippen molar-refractivity contribution in [3.63, 3.8) is 0 Å². The number of benzene rings is 1. The highest BCUT2D eigenvalue weighted by Gasteiger charge is 2.08. The third-order valence-corrected chi connectivity index (χ3v) is 3.89. The van der Waals surface area contributed by atoms with Crippen LogP contribution in [-0.4, -0.2) is 27.4 Å². The van der Waals surface area contributed by atoms with Crippen LogP contribution < -0.4 is 10.9 Å². The van der Waals surface area contributed by atoms with Gasteiger partial charge in [-0.05, 0) is 30.7 Å². The summed E-state index contributed by atoms with van der Waals surface area (Å²) in [6.45, 7) is 2.47. The second-order valence-corrected chi connectivity index (χ2v) is 5.82. The fourth-order valence-electron chi connectivity index (χ4n) is 2.66. The topological polar surface area (TPSA) is 87.7 Å². The molecule has 2 aromatic heterocycles. The highest BCUT2D eigenvalue weighted by Crippen LogP contribution is 2.06. The Balaban J connectivity index is 1.64. The molecule has 2 heterocycles. The molecule has 0 aliphatic rings. The summed E-state index contributed by atoms with van der Waals surface area (Å²) in [6.07, 6.45) is 3.95. The molecule has 6 heteroatoms. The summed E-state index contributed by atoms with van der Waals surface area (Å²) in [6, 6.07) is 10.7. The van der Waals surface area contributed by atoms with Crippen molar-refractivity contribution < 1.29 is 4.79 Å². The van der Waals surface area contributed by atoms with E-state index in [1.54, 1.807) is 30.5 Å². The molecule has 0 aliphatic carbocycles. The minimum absolute atomic E-state index is 0.150. The molecular weight excluding hydrogens is 316 g/mol. The lowest BCUT2D eigenvalue weighted by Gasteiger charge is -2.07. The Morgan fingerprint density at radius 1 is 1.20 bits per heavy atom. The van der Waals surface area contributed by atoms with Gasteiger partial charge in [-0.3, -0.25) is 14.6 Å². The van der Waals surface area contributed by atoms with E-state index in [2.05, 4.69) is 27.2 Å². The van der Waals surface area contributed by atoms with Crippen LogP contribution in [0.5, 0.6) is 0 Å². The van der Waals surface area contributed by atoms with Gasteiger partial charge in [0.15, 0.2) is 0 Å². The minimum atomic E-state index is -0.162. The molecule has 0 fully saturated rings. The van der Waals surface area contributed by atoms with Gasteiger partial charge in [0.25, 0.3) is 11.5 Å². The lowest BCUT2D eigenvalue weighted by atomic mass is 10.1. The SMILES string of the molecule is CCCc1cc(C(=O)NCCc2nc3ccccc3c(=O)[nH]2)ccn1. The lowest BCUT2D eigenvalue weighted by molar-refractivity contribution is 0.0953. The summed E-state index contributed by atoms with van der Waals surface area (Å²) in [5, 5.41) is 3.42. The van der Waals surface area contributed by atoms with E-state index >= 15 is 0 Å². The van der Waals surface area contributed by atoms with Crippen molar-refractivity contribution in [1.29, 1.82) is 0 Å². The Morgan fingerprint density at radius 2 is 2.04 bits per heavy atom. The highest BCUT2D eigenvalue weighted by atomic mass is 16.1. The average molecular weight is 336 g/mol. The van der Waals surface area contributed by atoms with Crippen molar-refractivity contribution in [1.82, 2.24) is 20.3 Å². The number of hydrogen-bond donors (Lipinski definition) is 2. The standard InChI is InChI=1S/C19H20N4O2/c1-2-5-14-12-13(8-10-20-14)18(24)21-11-9-17-22-16-7-4-3-6-15(16)19(25)23-17/h3-4,6-8,10,12H,2,5,9,11H2,1H3,(H,21,24)(H,22,23,25). The summed E-state index contributed by atoms with van der Waals surface area (Å²) in [7, 11) is 0. The molecule has 6 nitrogen and oxygen atoms in total. The predicted octanol–water partition coefficient (Wildman–Crippen LogP) is 2.24. The molecule has 2 N–H and O–H groups in total. The van der Waals surface area contributed by atoms with Crippen LogP contribution in [0, 0.1) is 0 Å². The number of aryl methyl sites for hydroxylation is 1. The average Bonchev–Trinajstić information content (AvgIpc) is 2.62. The van der Waals surface area contributed by atoms with Gasteiger partial charge >= 0.3 is 0 Å². The molecule has 0 saturated carbocycles. The van der Waals surface area contributed by atoms with Crippen molar-refractivity contribution in [2.24, 2.45) is 0 Å². The van der Waals surface area contributed by atoms with E-state index in [0.717, 1.165) is 18.5 Å². The third-order valence-electron chi connectivity index (χ3n) is 3.89. The number of nitrogens with one attached hydrogen (secondary N) is 2. The monoisotopic (exact) mass is 336 g/mol. The molecule has 0 atom stereocenters. The molecular formula is C19H20N4O2. The largest absolute Gasteiger partial charge is 0.352 e. The zero-order valence-electron chi connectivity index (χ0n) is 14.1. The smallest absolute Gasteiger partial charge is 0.258 e. The van der Waals surface area contributed by atoms with Gasteiger partial charge in [0.05, 0.1) is 10.9 Å². The molecule has 0 aliphatic heterocycles. The van der Waals surface area contributed by atoms with Crippen LogP contribution in [0.1, 0.15) is 35.2 Å². The maximum absolute atomic E-state index is 12.2. The molecule has 1 amide bonds. The van der Waals surface area contributed by atoms with E-state index in [4.69, 9.17) is 0 Å². The van der Waals surface area contributed by atoms with Crippen molar-refractivity contribution in [3.05, 3.63) is 70.0 Å². The molecule has 1 aromatic carbocycles. The van der Waals surface area contributed by atoms with Crippen molar-refractivity contribution in [3.8, 4) is 0 Å². The fraction of sp³-hybridized carbons (Fsp3) is 0.263. The Bertz CT molecular complexity index is 949. The predicted molar refractivity (Wildman–Crippen MR) is 96.6 cm³/mol. The number of pyridine rings is 1. The van der Waals surface area contributed by atoms with Gasteiger partial charge in [-0.1, -0.05) is 25.5 Å². The number of carbonyl (C=O) groups excluding carboxylic acids is 1. The first-order chi connectivity index (χ1) is 12.2. The van der Waals surface area contributed by atoms with Crippen LogP contribution in [0.3, 0.4) is 0 Å². The van der Waals surface area contributed by atoms with Crippen LogP contribution in [0.2, 0.25) is 0 Å². The molecule has 0 unspecified atom stereocenters. The molecule has 0 spiro atoms. The van der Waals surface area contributed by atoms with Crippen LogP contribution in [0.4, 0.5) is 0 Å². The normalized spacial score (nSPS) is 10.8. The number of H-pyrrole nitrogens is 1. The van der Waals surface area contributed by atoms with E-state index in [9.17, 15) is 9.59 Å². The second-order valence-electron chi connectivity index (χ2n) is 5.82. The summed E-state index contributed by atoms with van der Waals surface area (Å²) in [4.78, 5) is 35.7. The summed E-state index contributed by atoms with van der Waals surface area (Å²) < 4.78 is 0. The van der Waals surface area contributed by atoms with E-state index in [-0.39, 0.29) is 11.5 Å². The Kier molecular flexibility index (Phi) is 5.18. The Morgan fingerprint density at radius 3 is 2.88 bits per heavy atom. The van der Waals surface area contributed by atoms with Crippen molar-refractivity contribution in [2.45, 2.75) is 26.2 Å². The van der Waals surface area contributed by atoms with Crippen LogP contribution in [0.15, 0.2) is 47.4 Å². The van der Waals surface area contributed by atoms with Gasteiger partial charge in [-0.2, -0.15) is 0 Å². The van der Waals surface area contributed by atoms with Crippen LogP contribution in [0.25, 0.3) is 10.9 Å². The number of rotatable bonds is 6. The Labute approximate surface area is 145 Å². The second kappa shape index (κ2) is 7.70. The first-order valence-corrected chi connectivity index (χ1v) is 8.38. The van der Waals surface area contributed by atoms with Gasteiger partial charge in [0.1, 0.15) is 5.82 Å². The number of hydrogen-bond acceptors (Lipinski definition) is 4. The number of amides is 1. The van der Waals surface area contributed by atoms with Gasteiger partial charge in [-0.15, -0.1) is 0 Å². The maximum Gasteiger partial charge on any atom is 0.258 e. The first kappa shape index (κ1) is 16.8. The zero-order valence-corrected chi connectivity index (χ0v) is 14.1. The van der Waals surface area contributed by atoms with Crippen molar-refractivity contribution in [2.75, 3.05) is 6.54 Å². The van der Waals surface area contributed by atoms with Gasteiger partial charge in [-0.25, -0.2) is 4.98 Å². The number of nitrogens with zero attached hydrogens (tertiary/aromatic N) is 2. The minimum Gasteiger partial charge on any atom is -0.352 e. The van der Waals surface area contributed by atoms with E-state index in [0.29, 0.717) is 35.3 Å². The molecule has 3 aromatic rings. The molecule has 0 bridgehead atoms. The number of carbonyl (C=O) groups is 1. The fourth-order valence-corrected chi connectivity index (χ4v) is 2.66. The van der Waals surface area contributed by atoms with E-state index < -0.39 is 0 Å². The highest BCUT2D eigenvalue weighted by molar-refractivity contribution is 5.94. The summed E-state index contributed by atoms with van der Waals surface area (Å²) in [5.41, 5.74) is 2.00. The number of fused-ring (bicyclic) bond motifs is 1. The van der Waals surface area contributed by atoms with Crippen LogP contribution in [-0.2, 0) is 12.8 Å². The Hall–Kier alpha value is -3.02. The van der Waals surface area contributed by atoms with E-state index in [1.165, 1.54) is 0 Å². The van der Waals surface area contributed by atoms with Gasteiger partial charge in [0.2, 0.25) is 0 Å². The summed E-state index contributed by atoms with van der Waals surface area (Å²) >= 11 is 0. The molecule has 3 rings (SSSR count). The zero-order chi connectivity index (χ0) is 17.6. The van der Waals surface area contributed by atoms with Crippen molar-refractivity contribution >= 4 is 16.8 Å². The number of aromatic nitrogens is 3.